The number of hydrogen-bond acceptors (Lipinski definition) is 2. The van der Waals surface area contributed by atoms with Crippen LogP contribution in [0.25, 0.3) is 0 Å². The highest BCUT2D eigenvalue weighted by Gasteiger charge is 2.00. The lowest BCUT2D eigenvalue weighted by Crippen LogP contribution is -2.41. The molecule has 0 aromatic heterocycles. The van der Waals surface area contributed by atoms with E-state index in [1.54, 1.807) is 0 Å². The summed E-state index contributed by atoms with van der Waals surface area (Å²) in [7, 11) is 0. The number of halogens is 1. The SMILES string of the molecule is CCCCN=C(NCC)NCCN(CC)CC.I. The van der Waals surface area contributed by atoms with Gasteiger partial charge in [0.15, 0.2) is 5.96 Å². The van der Waals surface area contributed by atoms with Crippen LogP contribution in [0, 0.1) is 0 Å². The lowest BCUT2D eigenvalue weighted by atomic mass is 10.3. The summed E-state index contributed by atoms with van der Waals surface area (Å²) in [5.41, 5.74) is 0. The number of guanidine groups is 1. The van der Waals surface area contributed by atoms with E-state index in [-0.39, 0.29) is 24.0 Å². The molecular formula is C13H31IN4. The van der Waals surface area contributed by atoms with Crippen molar-refractivity contribution >= 4 is 29.9 Å². The van der Waals surface area contributed by atoms with Crippen LogP contribution in [-0.4, -0.2) is 50.1 Å². The van der Waals surface area contributed by atoms with Crippen molar-refractivity contribution in [3.8, 4) is 0 Å². The molecule has 18 heavy (non-hydrogen) atoms. The van der Waals surface area contributed by atoms with E-state index in [2.05, 4.69) is 48.2 Å². The van der Waals surface area contributed by atoms with E-state index in [9.17, 15) is 0 Å². The number of hydrogen-bond donors (Lipinski definition) is 2. The van der Waals surface area contributed by atoms with Gasteiger partial charge in [-0.05, 0) is 26.4 Å². The average molecular weight is 370 g/mol. The Morgan fingerprint density at radius 1 is 1.06 bits per heavy atom. The zero-order valence-corrected chi connectivity index (χ0v) is 14.8. The molecule has 4 nitrogen and oxygen atoms in total. The molecule has 0 atom stereocenters. The molecule has 0 saturated heterocycles. The highest BCUT2D eigenvalue weighted by molar-refractivity contribution is 14.0. The maximum atomic E-state index is 4.53. The fourth-order valence-electron chi connectivity index (χ4n) is 1.56. The van der Waals surface area contributed by atoms with Crippen molar-refractivity contribution in [2.24, 2.45) is 4.99 Å². The van der Waals surface area contributed by atoms with E-state index in [4.69, 9.17) is 0 Å². The Morgan fingerprint density at radius 3 is 2.22 bits per heavy atom. The van der Waals surface area contributed by atoms with Gasteiger partial charge in [0, 0.05) is 26.2 Å². The van der Waals surface area contributed by atoms with Gasteiger partial charge in [-0.1, -0.05) is 27.2 Å². The van der Waals surface area contributed by atoms with E-state index in [1.165, 1.54) is 6.42 Å². The normalized spacial score (nSPS) is 11.3. The second-order valence-electron chi connectivity index (χ2n) is 4.07. The van der Waals surface area contributed by atoms with E-state index in [0.29, 0.717) is 0 Å². The molecule has 0 spiro atoms. The lowest BCUT2D eigenvalue weighted by molar-refractivity contribution is 0.308. The van der Waals surface area contributed by atoms with Crippen LogP contribution in [0.2, 0.25) is 0 Å². The van der Waals surface area contributed by atoms with E-state index in [0.717, 1.165) is 51.6 Å². The summed E-state index contributed by atoms with van der Waals surface area (Å²) in [6.45, 7) is 14.8. The molecule has 0 unspecified atom stereocenters. The maximum absolute atomic E-state index is 4.53. The van der Waals surface area contributed by atoms with Gasteiger partial charge in [-0.3, -0.25) is 4.99 Å². The van der Waals surface area contributed by atoms with Crippen LogP contribution in [0.15, 0.2) is 4.99 Å². The highest BCUT2D eigenvalue weighted by Crippen LogP contribution is 1.87. The molecule has 0 rings (SSSR count). The molecule has 0 bridgehead atoms. The first-order valence-corrected chi connectivity index (χ1v) is 7.02. The smallest absolute Gasteiger partial charge is 0.191 e. The molecule has 0 fully saturated rings. The van der Waals surface area contributed by atoms with Crippen LogP contribution in [0.5, 0.6) is 0 Å². The molecule has 0 heterocycles. The van der Waals surface area contributed by atoms with Gasteiger partial charge in [0.1, 0.15) is 0 Å². The van der Waals surface area contributed by atoms with Gasteiger partial charge in [0.25, 0.3) is 0 Å². The summed E-state index contributed by atoms with van der Waals surface area (Å²) in [6.07, 6.45) is 2.36. The van der Waals surface area contributed by atoms with Gasteiger partial charge in [-0.25, -0.2) is 0 Å². The van der Waals surface area contributed by atoms with Crippen LogP contribution < -0.4 is 10.6 Å². The van der Waals surface area contributed by atoms with Gasteiger partial charge in [0.2, 0.25) is 0 Å². The average Bonchev–Trinajstić information content (AvgIpc) is 2.35. The third-order valence-electron chi connectivity index (χ3n) is 2.74. The number of nitrogens with zero attached hydrogens (tertiary/aromatic N) is 2. The molecule has 0 radical (unpaired) electrons. The number of rotatable bonds is 9. The molecule has 0 aliphatic carbocycles. The first-order valence-electron chi connectivity index (χ1n) is 7.02. The van der Waals surface area contributed by atoms with Crippen LogP contribution in [-0.2, 0) is 0 Å². The Balaban J connectivity index is 0. The fourth-order valence-corrected chi connectivity index (χ4v) is 1.56. The first kappa shape index (κ1) is 20.3. The van der Waals surface area contributed by atoms with E-state index in [1.807, 2.05) is 0 Å². The Bertz CT molecular complexity index is 193. The van der Waals surface area contributed by atoms with Crippen LogP contribution in [0.3, 0.4) is 0 Å². The molecule has 0 aromatic rings. The number of unbranched alkanes of at least 4 members (excludes halogenated alkanes) is 1. The molecule has 0 amide bonds. The molecule has 110 valence electrons. The maximum Gasteiger partial charge on any atom is 0.191 e. The summed E-state index contributed by atoms with van der Waals surface area (Å²) in [6, 6.07) is 0. The number of aliphatic imine (C=N–C) groups is 1. The first-order chi connectivity index (χ1) is 8.28. The van der Waals surface area contributed by atoms with Gasteiger partial charge in [0.05, 0.1) is 0 Å². The largest absolute Gasteiger partial charge is 0.357 e. The Morgan fingerprint density at radius 2 is 1.72 bits per heavy atom. The molecule has 0 saturated carbocycles. The molecule has 0 aliphatic heterocycles. The number of likely N-dealkylation sites (N-methyl/N-ethyl adjacent to an activating group) is 1. The van der Waals surface area contributed by atoms with E-state index >= 15 is 0 Å². The summed E-state index contributed by atoms with van der Waals surface area (Å²) in [4.78, 5) is 6.93. The monoisotopic (exact) mass is 370 g/mol. The van der Waals surface area contributed by atoms with Crippen molar-refractivity contribution in [3.05, 3.63) is 0 Å². The molecule has 5 heteroatoms. The Labute approximate surface area is 130 Å². The Kier molecular flexibility index (Phi) is 16.9. The van der Waals surface area contributed by atoms with E-state index < -0.39 is 0 Å². The quantitative estimate of drug-likeness (QED) is 0.283. The zero-order chi connectivity index (χ0) is 12.9. The second kappa shape index (κ2) is 15.0. The minimum atomic E-state index is 0. The molecule has 0 aliphatic rings. The minimum absolute atomic E-state index is 0. The molecular weight excluding hydrogens is 339 g/mol. The summed E-state index contributed by atoms with van der Waals surface area (Å²) in [5, 5.41) is 6.65. The lowest BCUT2D eigenvalue weighted by Gasteiger charge is -2.19. The Hall–Kier alpha value is -0.0400. The summed E-state index contributed by atoms with van der Waals surface area (Å²) >= 11 is 0. The zero-order valence-electron chi connectivity index (χ0n) is 12.5. The summed E-state index contributed by atoms with van der Waals surface area (Å²) in [5.74, 6) is 0.952. The fraction of sp³-hybridized carbons (Fsp3) is 0.923. The number of nitrogens with one attached hydrogen (secondary N) is 2. The van der Waals surface area contributed by atoms with Crippen LogP contribution >= 0.6 is 24.0 Å². The third-order valence-corrected chi connectivity index (χ3v) is 2.74. The van der Waals surface area contributed by atoms with Crippen LogP contribution in [0.1, 0.15) is 40.5 Å². The van der Waals surface area contributed by atoms with Gasteiger partial charge >= 0.3 is 0 Å². The van der Waals surface area contributed by atoms with Crippen molar-refractivity contribution in [1.82, 2.24) is 15.5 Å². The van der Waals surface area contributed by atoms with Crippen molar-refractivity contribution < 1.29 is 0 Å². The molecule has 0 aromatic carbocycles. The highest BCUT2D eigenvalue weighted by atomic mass is 127. The third kappa shape index (κ3) is 11.1. The van der Waals surface area contributed by atoms with Crippen molar-refractivity contribution in [2.75, 3.05) is 39.3 Å². The van der Waals surface area contributed by atoms with Crippen molar-refractivity contribution in [1.29, 1.82) is 0 Å². The predicted octanol–water partition coefficient (Wildman–Crippen LogP) is 2.30. The van der Waals surface area contributed by atoms with Crippen LogP contribution in [0.4, 0.5) is 0 Å². The van der Waals surface area contributed by atoms with Crippen molar-refractivity contribution in [2.45, 2.75) is 40.5 Å². The van der Waals surface area contributed by atoms with Gasteiger partial charge in [-0.2, -0.15) is 0 Å². The molecule has 2 N–H and O–H groups in total. The standard InChI is InChI=1S/C13H30N4.HI/c1-5-9-10-15-13(14-6-2)16-11-12-17(7-3)8-4;/h5-12H2,1-4H3,(H2,14,15,16);1H. The van der Waals surface area contributed by atoms with Gasteiger partial charge < -0.3 is 15.5 Å². The predicted molar refractivity (Wildman–Crippen MR) is 92.1 cm³/mol. The van der Waals surface area contributed by atoms with Gasteiger partial charge in [-0.15, -0.1) is 24.0 Å². The second-order valence-corrected chi connectivity index (χ2v) is 4.07. The topological polar surface area (TPSA) is 39.7 Å². The van der Waals surface area contributed by atoms with Crippen molar-refractivity contribution in [3.63, 3.8) is 0 Å². The summed E-state index contributed by atoms with van der Waals surface area (Å²) < 4.78 is 0. The minimum Gasteiger partial charge on any atom is -0.357 e.